The van der Waals surface area contributed by atoms with Crippen LogP contribution in [0, 0.1) is 5.92 Å². The molecular formula is C18H24F3N5O3S. The van der Waals surface area contributed by atoms with Crippen LogP contribution in [0.4, 0.5) is 13.2 Å². The number of rotatable bonds is 7. The summed E-state index contributed by atoms with van der Waals surface area (Å²) >= 11 is 1.44. The highest BCUT2D eigenvalue weighted by Gasteiger charge is 2.38. The number of nitrogens with zero attached hydrogens (tertiary/aromatic N) is 3. The molecule has 0 unspecified atom stereocenters. The summed E-state index contributed by atoms with van der Waals surface area (Å²) < 4.78 is 31.7. The van der Waals surface area contributed by atoms with Crippen LogP contribution in [-0.4, -0.2) is 62.6 Å². The molecule has 2 aromatic rings. The van der Waals surface area contributed by atoms with E-state index < -0.39 is 12.1 Å². The van der Waals surface area contributed by atoms with Gasteiger partial charge >= 0.3 is 12.1 Å². The van der Waals surface area contributed by atoms with Crippen LogP contribution in [0.25, 0.3) is 10.8 Å². The zero-order chi connectivity index (χ0) is 22.1. The minimum Gasteiger partial charge on any atom is -0.475 e. The zero-order valence-electron chi connectivity index (χ0n) is 16.2. The summed E-state index contributed by atoms with van der Waals surface area (Å²) in [6.07, 6.45) is 4.19. The Balaban J connectivity index is 0.000000396. The van der Waals surface area contributed by atoms with Crippen LogP contribution in [0.3, 0.4) is 0 Å². The molecule has 0 radical (unpaired) electrons. The Morgan fingerprint density at radius 1 is 1.33 bits per heavy atom. The van der Waals surface area contributed by atoms with Crippen molar-refractivity contribution in [1.82, 2.24) is 19.9 Å². The van der Waals surface area contributed by atoms with E-state index in [0.29, 0.717) is 30.5 Å². The number of thiazole rings is 1. The third-order valence-corrected chi connectivity index (χ3v) is 5.39. The van der Waals surface area contributed by atoms with E-state index in [4.69, 9.17) is 15.6 Å². The first-order valence-electron chi connectivity index (χ1n) is 9.47. The smallest absolute Gasteiger partial charge is 0.475 e. The Labute approximate surface area is 175 Å². The summed E-state index contributed by atoms with van der Waals surface area (Å²) in [5.74, 6) is -1.41. The zero-order valence-corrected chi connectivity index (χ0v) is 17.0. The Morgan fingerprint density at radius 2 is 2.00 bits per heavy atom. The van der Waals surface area contributed by atoms with Gasteiger partial charge in [-0.1, -0.05) is 12.8 Å². The number of aromatic nitrogens is 3. The number of nitrogens with two attached hydrogens (primary N) is 1. The Kier molecular flexibility index (Phi) is 8.78. The number of carboxylic acid groups (broad SMARTS) is 1. The number of halogens is 3. The van der Waals surface area contributed by atoms with Crippen molar-refractivity contribution < 1.29 is 27.9 Å². The highest BCUT2D eigenvalue weighted by atomic mass is 32.1. The second-order valence-electron chi connectivity index (χ2n) is 6.82. The number of carbonyl (C=O) groups excluding carboxylic acids is 1. The van der Waals surface area contributed by atoms with Crippen molar-refractivity contribution in [3.05, 3.63) is 23.5 Å². The Hall–Kier alpha value is -2.47. The van der Waals surface area contributed by atoms with Gasteiger partial charge in [0.1, 0.15) is 5.69 Å². The summed E-state index contributed by atoms with van der Waals surface area (Å²) in [6, 6.07) is 0. The van der Waals surface area contributed by atoms with Crippen molar-refractivity contribution in [1.29, 1.82) is 0 Å². The van der Waals surface area contributed by atoms with Crippen molar-refractivity contribution in [2.24, 2.45) is 11.7 Å². The quantitative estimate of drug-likeness (QED) is 0.599. The fraction of sp³-hybridized carbons (Fsp3) is 0.556. The maximum Gasteiger partial charge on any atom is 0.490 e. The predicted molar refractivity (Wildman–Crippen MR) is 105 cm³/mol. The van der Waals surface area contributed by atoms with Gasteiger partial charge in [-0.2, -0.15) is 13.2 Å². The maximum atomic E-state index is 12.8. The number of aromatic amines is 1. The van der Waals surface area contributed by atoms with Gasteiger partial charge in [0, 0.05) is 30.9 Å². The molecule has 4 N–H and O–H groups in total. The summed E-state index contributed by atoms with van der Waals surface area (Å²) in [5, 5.41) is 9.70. The normalized spacial score (nSPS) is 14.3. The number of hydrogen-bond donors (Lipinski definition) is 3. The first kappa shape index (κ1) is 23.8. The van der Waals surface area contributed by atoms with E-state index in [1.165, 1.54) is 37.0 Å². The van der Waals surface area contributed by atoms with Crippen LogP contribution in [-0.2, 0) is 4.79 Å². The largest absolute Gasteiger partial charge is 0.490 e. The molecule has 166 valence electrons. The first-order valence-corrected chi connectivity index (χ1v) is 10.3. The SMILES string of the molecule is NCCCN(CC1CCCC1)C(=O)c1csc(-c2ncc[nH]2)n1.O=C(O)C(F)(F)F. The van der Waals surface area contributed by atoms with Gasteiger partial charge in [-0.3, -0.25) is 4.79 Å². The van der Waals surface area contributed by atoms with E-state index in [9.17, 15) is 18.0 Å². The van der Waals surface area contributed by atoms with Crippen LogP contribution >= 0.6 is 11.3 Å². The third kappa shape index (κ3) is 7.10. The minimum atomic E-state index is -5.08. The Bertz CT molecular complexity index is 804. The van der Waals surface area contributed by atoms with Crippen LogP contribution in [0.1, 0.15) is 42.6 Å². The molecule has 1 saturated carbocycles. The fourth-order valence-electron chi connectivity index (χ4n) is 3.09. The number of aliphatic carboxylic acids is 1. The van der Waals surface area contributed by atoms with Gasteiger partial charge in [-0.15, -0.1) is 11.3 Å². The molecule has 2 heterocycles. The lowest BCUT2D eigenvalue weighted by atomic mass is 10.1. The van der Waals surface area contributed by atoms with Gasteiger partial charge in [-0.05, 0) is 31.7 Å². The van der Waals surface area contributed by atoms with E-state index in [2.05, 4.69) is 15.0 Å². The van der Waals surface area contributed by atoms with E-state index in [1.807, 2.05) is 10.3 Å². The van der Waals surface area contributed by atoms with Crippen molar-refractivity contribution in [3.8, 4) is 10.8 Å². The van der Waals surface area contributed by atoms with Crippen molar-refractivity contribution in [2.45, 2.75) is 38.3 Å². The van der Waals surface area contributed by atoms with Crippen molar-refractivity contribution in [3.63, 3.8) is 0 Å². The lowest BCUT2D eigenvalue weighted by Crippen LogP contribution is -2.36. The lowest BCUT2D eigenvalue weighted by Gasteiger charge is -2.25. The molecule has 0 aliphatic heterocycles. The summed E-state index contributed by atoms with van der Waals surface area (Å²) in [4.78, 5) is 35.3. The molecule has 12 heteroatoms. The van der Waals surface area contributed by atoms with E-state index in [1.54, 1.807) is 12.4 Å². The van der Waals surface area contributed by atoms with Gasteiger partial charge in [0.15, 0.2) is 10.8 Å². The number of hydrogen-bond acceptors (Lipinski definition) is 6. The molecule has 1 aliphatic rings. The van der Waals surface area contributed by atoms with E-state index in [0.717, 1.165) is 18.0 Å². The number of imidazole rings is 1. The van der Waals surface area contributed by atoms with Crippen molar-refractivity contribution >= 4 is 23.2 Å². The molecule has 30 heavy (non-hydrogen) atoms. The van der Waals surface area contributed by atoms with E-state index >= 15 is 0 Å². The molecular weight excluding hydrogens is 423 g/mol. The van der Waals surface area contributed by atoms with Crippen LogP contribution < -0.4 is 5.73 Å². The topological polar surface area (TPSA) is 125 Å². The Morgan fingerprint density at radius 3 is 2.53 bits per heavy atom. The highest BCUT2D eigenvalue weighted by molar-refractivity contribution is 7.13. The number of nitrogens with one attached hydrogen (secondary N) is 1. The standard InChI is InChI=1S/C16H23N5OS.C2HF3O2/c17-6-3-9-21(10-12-4-1-2-5-12)16(22)13-11-23-15(20-13)14-18-7-8-19-14;3-2(4,5)1(6)7/h7-8,11-12H,1-6,9-10,17H2,(H,18,19);(H,6,7). The molecule has 0 saturated heterocycles. The number of carbonyl (C=O) groups is 2. The number of alkyl halides is 3. The summed E-state index contributed by atoms with van der Waals surface area (Å²) in [7, 11) is 0. The van der Waals surface area contributed by atoms with Crippen LogP contribution in [0.15, 0.2) is 17.8 Å². The van der Waals surface area contributed by atoms with Gasteiger partial charge in [0.2, 0.25) is 0 Å². The van der Waals surface area contributed by atoms with E-state index in [-0.39, 0.29) is 5.91 Å². The average molecular weight is 447 g/mol. The van der Waals surface area contributed by atoms with Gasteiger partial charge in [-0.25, -0.2) is 14.8 Å². The molecule has 2 aromatic heterocycles. The molecule has 0 spiro atoms. The third-order valence-electron chi connectivity index (χ3n) is 4.54. The minimum absolute atomic E-state index is 0.0133. The molecule has 1 amide bonds. The fourth-order valence-corrected chi connectivity index (χ4v) is 3.84. The second kappa shape index (κ2) is 11.1. The van der Waals surface area contributed by atoms with Gasteiger partial charge < -0.3 is 20.7 Å². The molecule has 1 aliphatic carbocycles. The van der Waals surface area contributed by atoms with Gasteiger partial charge in [0.25, 0.3) is 5.91 Å². The van der Waals surface area contributed by atoms with Gasteiger partial charge in [0.05, 0.1) is 0 Å². The summed E-state index contributed by atoms with van der Waals surface area (Å²) in [5.41, 5.74) is 6.14. The molecule has 8 nitrogen and oxygen atoms in total. The monoisotopic (exact) mass is 447 g/mol. The maximum absolute atomic E-state index is 12.8. The highest BCUT2D eigenvalue weighted by Crippen LogP contribution is 2.27. The number of H-pyrrole nitrogens is 1. The molecule has 0 atom stereocenters. The number of amides is 1. The van der Waals surface area contributed by atoms with Crippen LogP contribution in [0.5, 0.6) is 0 Å². The van der Waals surface area contributed by atoms with Crippen LogP contribution in [0.2, 0.25) is 0 Å². The molecule has 3 rings (SSSR count). The van der Waals surface area contributed by atoms with Crippen molar-refractivity contribution in [2.75, 3.05) is 19.6 Å². The number of carboxylic acids is 1. The average Bonchev–Trinajstić information content (AvgIpc) is 3.46. The predicted octanol–water partition coefficient (Wildman–Crippen LogP) is 3.15. The molecule has 0 bridgehead atoms. The summed E-state index contributed by atoms with van der Waals surface area (Å²) in [6.45, 7) is 2.13. The second-order valence-corrected chi connectivity index (χ2v) is 7.68. The lowest BCUT2D eigenvalue weighted by molar-refractivity contribution is -0.192. The molecule has 0 aromatic carbocycles. The first-order chi connectivity index (χ1) is 14.2. The molecule has 1 fully saturated rings.